The van der Waals surface area contributed by atoms with Gasteiger partial charge in [0.2, 0.25) is 12.3 Å². The molecule has 0 bridgehead atoms. The Morgan fingerprint density at radius 1 is 1.33 bits per heavy atom. The molecule has 0 radical (unpaired) electrons. The molecule has 0 saturated carbocycles. The smallest absolute Gasteiger partial charge is 0.233 e. The number of nitrogens with one attached hydrogen (secondary N) is 1. The molecule has 2 amide bonds. The third-order valence-corrected chi connectivity index (χ3v) is 3.98. The van der Waals surface area contributed by atoms with E-state index in [0.717, 1.165) is 12.8 Å². The zero-order valence-corrected chi connectivity index (χ0v) is 15.7. The van der Waals surface area contributed by atoms with E-state index < -0.39 is 11.8 Å². The van der Waals surface area contributed by atoms with Crippen LogP contribution in [0.1, 0.15) is 31.7 Å². The summed E-state index contributed by atoms with van der Waals surface area (Å²) in [5, 5.41) is 12.3. The molecule has 8 heteroatoms. The molecule has 1 aromatic carbocycles. The van der Waals surface area contributed by atoms with Crippen LogP contribution in [0.5, 0.6) is 5.75 Å². The summed E-state index contributed by atoms with van der Waals surface area (Å²) >= 11 is 0. The number of ether oxygens (including phenoxy) is 1. The fourth-order valence-corrected chi connectivity index (χ4v) is 2.43. The van der Waals surface area contributed by atoms with Crippen LogP contribution in [0.25, 0.3) is 5.70 Å². The minimum atomic E-state index is -0.587. The summed E-state index contributed by atoms with van der Waals surface area (Å²) in [5.41, 5.74) is 6.86. The van der Waals surface area contributed by atoms with Gasteiger partial charge in [0.1, 0.15) is 5.75 Å². The molecule has 0 saturated heterocycles. The zero-order valence-electron chi connectivity index (χ0n) is 15.7. The van der Waals surface area contributed by atoms with E-state index in [4.69, 9.17) is 10.5 Å². The Hall–Kier alpha value is -2.87. The molecule has 8 nitrogen and oxygen atoms in total. The van der Waals surface area contributed by atoms with E-state index in [9.17, 15) is 19.6 Å². The first-order valence-corrected chi connectivity index (χ1v) is 8.74. The second kappa shape index (κ2) is 11.7. The van der Waals surface area contributed by atoms with Crippen molar-refractivity contribution in [3.8, 4) is 5.75 Å². The van der Waals surface area contributed by atoms with Crippen LogP contribution < -0.4 is 15.8 Å². The Morgan fingerprint density at radius 2 is 2.00 bits per heavy atom. The molecule has 4 N–H and O–H groups in total. The normalized spacial score (nSPS) is 12.2. The Bertz CT molecular complexity index is 658. The summed E-state index contributed by atoms with van der Waals surface area (Å²) in [4.78, 5) is 34.9. The average Bonchev–Trinajstić information content (AvgIpc) is 2.68. The number of nitrogens with two attached hydrogens (primary N) is 1. The van der Waals surface area contributed by atoms with Crippen LogP contribution in [0.3, 0.4) is 0 Å². The molecular weight excluding hydrogens is 350 g/mol. The van der Waals surface area contributed by atoms with Crippen molar-refractivity contribution < 1.29 is 24.3 Å². The number of carbonyl (C=O) groups excluding carboxylic acids is 3. The third-order valence-electron chi connectivity index (χ3n) is 3.98. The molecule has 0 aliphatic rings. The molecular formula is C19H27N3O5. The average molecular weight is 377 g/mol. The molecule has 148 valence electrons. The van der Waals surface area contributed by atoms with Gasteiger partial charge in [-0.1, -0.05) is 19.8 Å². The molecule has 0 aliphatic heterocycles. The molecule has 1 rings (SSSR count). The zero-order chi connectivity index (χ0) is 20.2. The lowest BCUT2D eigenvalue weighted by Crippen LogP contribution is -2.39. The number of rotatable bonds is 12. The van der Waals surface area contributed by atoms with E-state index in [2.05, 4.69) is 5.32 Å². The highest BCUT2D eigenvalue weighted by Gasteiger charge is 2.20. The minimum absolute atomic E-state index is 0.118. The van der Waals surface area contributed by atoms with Crippen LogP contribution in [0.15, 0.2) is 30.3 Å². The van der Waals surface area contributed by atoms with Gasteiger partial charge in [0.15, 0.2) is 5.78 Å². The number of hydroxylamine groups is 2. The second-order valence-corrected chi connectivity index (χ2v) is 6.08. The van der Waals surface area contributed by atoms with Crippen LogP contribution in [0.2, 0.25) is 0 Å². The SMILES string of the molecule is CCCCC(CN(O)C=O)C(=O)NCC(=O)/C=C(\N)c1ccc(OC)cc1. The maximum absolute atomic E-state index is 12.2. The predicted molar refractivity (Wildman–Crippen MR) is 101 cm³/mol. The highest BCUT2D eigenvalue weighted by Crippen LogP contribution is 2.15. The van der Waals surface area contributed by atoms with Crippen LogP contribution in [0, 0.1) is 5.92 Å². The maximum atomic E-state index is 12.2. The van der Waals surface area contributed by atoms with Crippen molar-refractivity contribution in [3.05, 3.63) is 35.9 Å². The summed E-state index contributed by atoms with van der Waals surface area (Å²) in [6, 6.07) is 6.92. The van der Waals surface area contributed by atoms with Crippen molar-refractivity contribution in [2.45, 2.75) is 26.2 Å². The Labute approximate surface area is 158 Å². The molecule has 1 aromatic rings. The number of amides is 2. The first kappa shape index (κ1) is 22.2. The summed E-state index contributed by atoms with van der Waals surface area (Å²) in [7, 11) is 1.55. The van der Waals surface area contributed by atoms with E-state index in [1.54, 1.807) is 31.4 Å². The quantitative estimate of drug-likeness (QED) is 0.219. The standard InChI is InChI=1S/C19H27N3O5/c1-3-4-5-15(12-22(26)13-23)19(25)21-11-16(24)10-18(20)14-6-8-17(27-2)9-7-14/h6-10,13,15,26H,3-5,11-12,20H2,1-2H3,(H,21,25)/b18-10-. The number of ketones is 1. The summed E-state index contributed by atoms with van der Waals surface area (Å²) in [5.74, 6) is -0.663. The third kappa shape index (κ3) is 7.91. The number of carbonyl (C=O) groups is 3. The molecule has 0 spiro atoms. The van der Waals surface area contributed by atoms with E-state index in [1.165, 1.54) is 6.08 Å². The fourth-order valence-electron chi connectivity index (χ4n) is 2.43. The minimum Gasteiger partial charge on any atom is -0.497 e. The van der Waals surface area contributed by atoms with Crippen LogP contribution in [-0.2, 0) is 14.4 Å². The molecule has 0 aromatic heterocycles. The Balaban J connectivity index is 2.63. The number of hydrogen-bond donors (Lipinski definition) is 3. The van der Waals surface area contributed by atoms with E-state index in [0.29, 0.717) is 22.8 Å². The highest BCUT2D eigenvalue weighted by molar-refractivity contribution is 5.99. The van der Waals surface area contributed by atoms with Gasteiger partial charge in [-0.05, 0) is 36.2 Å². The number of hydrogen-bond acceptors (Lipinski definition) is 6. The van der Waals surface area contributed by atoms with Crippen LogP contribution in [-0.4, -0.2) is 48.6 Å². The van der Waals surface area contributed by atoms with Crippen LogP contribution in [0.4, 0.5) is 0 Å². The lowest BCUT2D eigenvalue weighted by molar-refractivity contribution is -0.154. The predicted octanol–water partition coefficient (Wildman–Crippen LogP) is 1.33. The molecule has 0 fully saturated rings. The monoisotopic (exact) mass is 377 g/mol. The number of unbranched alkanes of at least 4 members (excludes halogenated alkanes) is 1. The molecule has 0 heterocycles. The fraction of sp³-hybridized carbons (Fsp3) is 0.421. The van der Waals surface area contributed by atoms with Crippen molar-refractivity contribution in [1.29, 1.82) is 0 Å². The van der Waals surface area contributed by atoms with E-state index in [-0.39, 0.29) is 31.0 Å². The molecule has 1 atom stereocenters. The van der Waals surface area contributed by atoms with Gasteiger partial charge in [-0.15, -0.1) is 0 Å². The van der Waals surface area contributed by atoms with Gasteiger partial charge in [-0.25, -0.2) is 5.06 Å². The van der Waals surface area contributed by atoms with Gasteiger partial charge in [0, 0.05) is 11.8 Å². The van der Waals surface area contributed by atoms with Crippen LogP contribution >= 0.6 is 0 Å². The Morgan fingerprint density at radius 3 is 2.56 bits per heavy atom. The lowest BCUT2D eigenvalue weighted by Gasteiger charge is -2.19. The van der Waals surface area contributed by atoms with Crippen molar-refractivity contribution in [3.63, 3.8) is 0 Å². The van der Waals surface area contributed by atoms with Gasteiger partial charge in [-0.3, -0.25) is 19.6 Å². The Kier molecular flexibility index (Phi) is 9.60. The molecule has 27 heavy (non-hydrogen) atoms. The molecule has 0 aliphatic carbocycles. The van der Waals surface area contributed by atoms with E-state index in [1.807, 2.05) is 6.92 Å². The summed E-state index contributed by atoms with van der Waals surface area (Å²) < 4.78 is 5.06. The van der Waals surface area contributed by atoms with E-state index >= 15 is 0 Å². The summed E-state index contributed by atoms with van der Waals surface area (Å²) in [6.45, 7) is 1.64. The first-order chi connectivity index (χ1) is 12.9. The lowest BCUT2D eigenvalue weighted by atomic mass is 10.0. The van der Waals surface area contributed by atoms with Crippen molar-refractivity contribution in [2.24, 2.45) is 11.7 Å². The first-order valence-electron chi connectivity index (χ1n) is 8.74. The van der Waals surface area contributed by atoms with Crippen molar-refractivity contribution in [2.75, 3.05) is 20.2 Å². The van der Waals surface area contributed by atoms with Gasteiger partial charge >= 0.3 is 0 Å². The number of nitrogens with zero attached hydrogens (tertiary/aromatic N) is 1. The number of benzene rings is 1. The van der Waals surface area contributed by atoms with Gasteiger partial charge in [0.05, 0.1) is 26.1 Å². The number of methoxy groups -OCH3 is 1. The molecule has 1 unspecified atom stereocenters. The summed E-state index contributed by atoms with van der Waals surface area (Å²) in [6.07, 6.45) is 3.65. The maximum Gasteiger partial charge on any atom is 0.233 e. The van der Waals surface area contributed by atoms with Crippen molar-refractivity contribution >= 4 is 23.8 Å². The highest BCUT2D eigenvalue weighted by atomic mass is 16.5. The second-order valence-electron chi connectivity index (χ2n) is 6.08. The van der Waals surface area contributed by atoms with Gasteiger partial charge in [-0.2, -0.15) is 0 Å². The van der Waals surface area contributed by atoms with Gasteiger partial charge in [0.25, 0.3) is 0 Å². The van der Waals surface area contributed by atoms with Crippen molar-refractivity contribution in [1.82, 2.24) is 10.4 Å². The van der Waals surface area contributed by atoms with Gasteiger partial charge < -0.3 is 15.8 Å². The topological polar surface area (TPSA) is 122 Å². The largest absolute Gasteiger partial charge is 0.497 e.